The maximum atomic E-state index is 13.3. The zero-order chi connectivity index (χ0) is 18.1. The lowest BCUT2D eigenvalue weighted by Crippen LogP contribution is -2.44. The van der Waals surface area contributed by atoms with Crippen molar-refractivity contribution in [3.05, 3.63) is 53.3 Å². The lowest BCUT2D eigenvalue weighted by Gasteiger charge is -2.37. The Morgan fingerprint density at radius 2 is 1.85 bits per heavy atom. The van der Waals surface area contributed by atoms with Gasteiger partial charge in [0.05, 0.1) is 17.1 Å². The van der Waals surface area contributed by atoms with Crippen LogP contribution in [-0.2, 0) is 0 Å². The van der Waals surface area contributed by atoms with Crippen molar-refractivity contribution in [2.45, 2.75) is 13.8 Å². The molecule has 0 radical (unpaired) electrons. The molecule has 0 aliphatic carbocycles. The normalized spacial score (nSPS) is 13.6. The molecule has 132 valence electrons. The van der Waals surface area contributed by atoms with Crippen molar-refractivity contribution in [1.82, 2.24) is 15.0 Å². The molecule has 3 heterocycles. The quantitative estimate of drug-likeness (QED) is 0.712. The van der Waals surface area contributed by atoms with Gasteiger partial charge in [0.25, 0.3) is 5.91 Å². The Morgan fingerprint density at radius 1 is 1.12 bits per heavy atom. The van der Waals surface area contributed by atoms with Gasteiger partial charge in [0.2, 0.25) is 0 Å². The molecule has 0 spiro atoms. The van der Waals surface area contributed by atoms with Crippen LogP contribution in [0, 0.1) is 6.92 Å². The number of hydrogen-bond acceptors (Lipinski definition) is 6. The van der Waals surface area contributed by atoms with Crippen molar-refractivity contribution in [2.24, 2.45) is 0 Å². The summed E-state index contributed by atoms with van der Waals surface area (Å²) in [5.74, 6) is 0.543. The number of likely N-dealkylation sites (N-methyl/N-ethyl adjacent to an activating group) is 1. The number of nitrogens with zero attached hydrogens (tertiary/aromatic N) is 5. The number of thiazole rings is 1. The minimum Gasteiger partial charge on any atom is -0.368 e. The summed E-state index contributed by atoms with van der Waals surface area (Å²) in [4.78, 5) is 31.1. The van der Waals surface area contributed by atoms with Crippen LogP contribution in [0.4, 0.5) is 11.4 Å². The largest absolute Gasteiger partial charge is 0.368 e. The molecule has 0 bridgehead atoms. The Bertz CT molecular complexity index is 940. The van der Waals surface area contributed by atoms with Gasteiger partial charge < -0.3 is 9.80 Å². The minimum absolute atomic E-state index is 0.00890. The second kappa shape index (κ2) is 6.84. The summed E-state index contributed by atoms with van der Waals surface area (Å²) in [6.45, 7) is 6.41. The summed E-state index contributed by atoms with van der Waals surface area (Å²) in [5, 5.41) is 0.673. The number of anilines is 2. The van der Waals surface area contributed by atoms with Gasteiger partial charge in [-0.1, -0.05) is 12.1 Å². The lowest BCUT2D eigenvalue weighted by atomic mass is 10.1. The number of fused-ring (bicyclic) bond motifs is 1. The van der Waals surface area contributed by atoms with E-state index in [9.17, 15) is 4.79 Å². The van der Waals surface area contributed by atoms with Gasteiger partial charge in [-0.25, -0.2) is 15.0 Å². The number of para-hydroxylation sites is 2. The third-order valence-corrected chi connectivity index (χ3v) is 5.62. The van der Waals surface area contributed by atoms with Crippen molar-refractivity contribution in [1.29, 1.82) is 0 Å². The van der Waals surface area contributed by atoms with Gasteiger partial charge in [0.1, 0.15) is 4.88 Å². The topological polar surface area (TPSA) is 62.2 Å². The van der Waals surface area contributed by atoms with Crippen molar-refractivity contribution < 1.29 is 4.79 Å². The molecule has 26 heavy (non-hydrogen) atoms. The first-order valence-electron chi connectivity index (χ1n) is 8.59. The highest BCUT2D eigenvalue weighted by Gasteiger charge is 2.29. The zero-order valence-corrected chi connectivity index (χ0v) is 15.5. The van der Waals surface area contributed by atoms with Crippen LogP contribution in [0.3, 0.4) is 0 Å². The molecule has 0 saturated carbocycles. The van der Waals surface area contributed by atoms with E-state index in [1.54, 1.807) is 18.5 Å². The first-order valence-corrected chi connectivity index (χ1v) is 9.41. The molecule has 1 aliphatic heterocycles. The molecule has 0 fully saturated rings. The van der Waals surface area contributed by atoms with E-state index in [1.165, 1.54) is 11.3 Å². The SMILES string of the molecule is CCN1CCN(C(=O)c2sc(-c3ncccn3)nc2C)c2ccccc21. The van der Waals surface area contributed by atoms with E-state index in [4.69, 9.17) is 0 Å². The monoisotopic (exact) mass is 365 g/mol. The molecule has 0 saturated heterocycles. The molecule has 7 heteroatoms. The lowest BCUT2D eigenvalue weighted by molar-refractivity contribution is 0.0989. The Morgan fingerprint density at radius 3 is 2.58 bits per heavy atom. The number of rotatable bonds is 3. The van der Waals surface area contributed by atoms with Gasteiger partial charge in [-0.05, 0) is 32.0 Å². The standard InChI is InChI=1S/C19H19N5OS/c1-3-23-11-12-24(15-8-5-4-7-14(15)23)19(25)16-13(2)22-18(26-16)17-20-9-6-10-21-17/h4-10H,3,11-12H2,1-2H3. The molecular weight excluding hydrogens is 346 g/mol. The van der Waals surface area contributed by atoms with Gasteiger partial charge in [-0.2, -0.15) is 0 Å². The van der Waals surface area contributed by atoms with Gasteiger partial charge >= 0.3 is 0 Å². The summed E-state index contributed by atoms with van der Waals surface area (Å²) in [6, 6.07) is 9.83. The minimum atomic E-state index is -0.00890. The predicted molar refractivity (Wildman–Crippen MR) is 104 cm³/mol. The number of benzene rings is 1. The van der Waals surface area contributed by atoms with E-state index in [1.807, 2.05) is 30.0 Å². The highest BCUT2D eigenvalue weighted by Crippen LogP contribution is 2.35. The number of aromatic nitrogens is 3. The van der Waals surface area contributed by atoms with E-state index in [-0.39, 0.29) is 5.91 Å². The molecular formula is C19H19N5OS. The third kappa shape index (κ3) is 2.84. The number of hydrogen-bond donors (Lipinski definition) is 0. The molecule has 0 unspecified atom stereocenters. The smallest absolute Gasteiger partial charge is 0.270 e. The van der Waals surface area contributed by atoms with Crippen LogP contribution in [0.5, 0.6) is 0 Å². The van der Waals surface area contributed by atoms with E-state index >= 15 is 0 Å². The number of carbonyl (C=O) groups is 1. The molecule has 0 atom stereocenters. The maximum absolute atomic E-state index is 13.3. The summed E-state index contributed by atoms with van der Waals surface area (Å²) in [6.07, 6.45) is 3.36. The Labute approximate surface area is 156 Å². The van der Waals surface area contributed by atoms with Crippen LogP contribution in [0.2, 0.25) is 0 Å². The predicted octanol–water partition coefficient (Wildman–Crippen LogP) is 3.40. The van der Waals surface area contributed by atoms with Crippen molar-refractivity contribution in [2.75, 3.05) is 29.4 Å². The van der Waals surface area contributed by atoms with Gasteiger partial charge in [-0.3, -0.25) is 4.79 Å². The number of aryl methyl sites for hydroxylation is 1. The van der Waals surface area contributed by atoms with Crippen molar-refractivity contribution >= 4 is 28.6 Å². The van der Waals surface area contributed by atoms with Crippen LogP contribution in [0.1, 0.15) is 22.3 Å². The average Bonchev–Trinajstić information content (AvgIpc) is 3.09. The molecule has 3 aromatic rings. The highest BCUT2D eigenvalue weighted by atomic mass is 32.1. The Balaban J connectivity index is 1.70. The first-order chi connectivity index (χ1) is 12.7. The van der Waals surface area contributed by atoms with E-state index < -0.39 is 0 Å². The fourth-order valence-electron chi connectivity index (χ4n) is 3.18. The summed E-state index contributed by atoms with van der Waals surface area (Å²) in [5.41, 5.74) is 2.78. The van der Waals surface area contributed by atoms with Crippen LogP contribution >= 0.6 is 11.3 Å². The summed E-state index contributed by atoms with van der Waals surface area (Å²) < 4.78 is 0. The Kier molecular flexibility index (Phi) is 4.38. The van der Waals surface area contributed by atoms with Gasteiger partial charge in [-0.15, -0.1) is 11.3 Å². The molecule has 1 aromatic carbocycles. The van der Waals surface area contributed by atoms with E-state index in [0.717, 1.165) is 30.2 Å². The van der Waals surface area contributed by atoms with Crippen molar-refractivity contribution in [3.8, 4) is 10.8 Å². The zero-order valence-electron chi connectivity index (χ0n) is 14.7. The maximum Gasteiger partial charge on any atom is 0.270 e. The fourth-order valence-corrected chi connectivity index (χ4v) is 4.15. The van der Waals surface area contributed by atoms with E-state index in [2.05, 4.69) is 32.8 Å². The third-order valence-electron chi connectivity index (χ3n) is 4.48. The van der Waals surface area contributed by atoms with Gasteiger partial charge in [0, 0.05) is 32.0 Å². The van der Waals surface area contributed by atoms with Gasteiger partial charge in [0.15, 0.2) is 10.8 Å². The molecule has 6 nitrogen and oxygen atoms in total. The first kappa shape index (κ1) is 16.7. The molecule has 2 aromatic heterocycles. The fraction of sp³-hybridized carbons (Fsp3) is 0.263. The molecule has 4 rings (SSSR count). The number of carbonyl (C=O) groups excluding carboxylic acids is 1. The molecule has 1 aliphatic rings. The van der Waals surface area contributed by atoms with E-state index in [0.29, 0.717) is 22.3 Å². The second-order valence-corrected chi connectivity index (χ2v) is 7.03. The van der Waals surface area contributed by atoms with Crippen molar-refractivity contribution in [3.63, 3.8) is 0 Å². The van der Waals surface area contributed by atoms with Crippen LogP contribution in [0.15, 0.2) is 42.7 Å². The number of amides is 1. The summed E-state index contributed by atoms with van der Waals surface area (Å²) >= 11 is 1.35. The molecule has 1 amide bonds. The average molecular weight is 365 g/mol. The van der Waals surface area contributed by atoms with Crippen LogP contribution in [-0.4, -0.2) is 40.5 Å². The second-order valence-electron chi connectivity index (χ2n) is 6.03. The molecule has 0 N–H and O–H groups in total. The summed E-state index contributed by atoms with van der Waals surface area (Å²) in [7, 11) is 0. The van der Waals surface area contributed by atoms with Crippen LogP contribution < -0.4 is 9.80 Å². The highest BCUT2D eigenvalue weighted by molar-refractivity contribution is 7.17. The van der Waals surface area contributed by atoms with Crippen LogP contribution in [0.25, 0.3) is 10.8 Å². The Hall–Kier alpha value is -2.80.